The van der Waals surface area contributed by atoms with Crippen LogP contribution in [0.4, 0.5) is 0 Å². The fourth-order valence-corrected chi connectivity index (χ4v) is 20.0. The lowest BCUT2D eigenvalue weighted by atomic mass is 9.95. The molecule has 101 heavy (non-hydrogen) atoms. The van der Waals surface area contributed by atoms with E-state index in [0.717, 1.165) is 44.9 Å². The number of nitrogens with one attached hydrogen (secondary N) is 12. The maximum Gasteiger partial charge on any atom is 0.225 e. The van der Waals surface area contributed by atoms with E-state index in [1.165, 1.54) is 6.92 Å². The summed E-state index contributed by atoms with van der Waals surface area (Å²) < 4.78 is 0. The van der Waals surface area contributed by atoms with Crippen LogP contribution in [0.2, 0.25) is 0 Å². The molecule has 16 N–H and O–H groups in total. The van der Waals surface area contributed by atoms with Crippen molar-refractivity contribution in [2.75, 3.05) is 0 Å². The summed E-state index contributed by atoms with van der Waals surface area (Å²) in [6.45, 7) is 1.43. The summed E-state index contributed by atoms with van der Waals surface area (Å²) in [6, 6.07) is -5.47. The molecular weight excluding hydrogens is 1300 g/mol. The Bertz CT molecular complexity index is 3120. The van der Waals surface area contributed by atoms with Gasteiger partial charge in [0.15, 0.2) is 0 Å². The number of hydrogen-bond acceptors (Lipinski definition) is 14. The number of primary amides is 2. The van der Waals surface area contributed by atoms with Gasteiger partial charge in [-0.3, -0.25) is 67.1 Å². The van der Waals surface area contributed by atoms with E-state index in [9.17, 15) is 67.1 Å². The third-order valence-corrected chi connectivity index (χ3v) is 25.3. The highest BCUT2D eigenvalue weighted by atomic mass is 16.2. The van der Waals surface area contributed by atoms with Crippen LogP contribution in [0.5, 0.6) is 0 Å². The van der Waals surface area contributed by atoms with Crippen molar-refractivity contribution < 1.29 is 67.1 Å². The fourth-order valence-electron chi connectivity index (χ4n) is 20.0. The Hall–Kier alpha value is -7.42. The lowest BCUT2D eigenvalue weighted by Gasteiger charge is -2.29. The number of carbonyl (C=O) groups is 14. The van der Waals surface area contributed by atoms with Crippen molar-refractivity contribution in [2.24, 2.45) is 76.6 Å². The topological polar surface area (TPSA) is 435 Å². The first-order valence-corrected chi connectivity index (χ1v) is 38.7. The van der Waals surface area contributed by atoms with Crippen molar-refractivity contribution in [3.8, 4) is 0 Å². The summed E-state index contributed by atoms with van der Waals surface area (Å²) in [5.41, 5.74) is 11.3. The first-order chi connectivity index (χ1) is 48.6. The van der Waals surface area contributed by atoms with E-state index in [1.807, 2.05) is 0 Å². The van der Waals surface area contributed by atoms with Crippen LogP contribution in [-0.2, 0) is 67.1 Å². The molecule has 23 atom stereocenters. The van der Waals surface area contributed by atoms with E-state index >= 15 is 0 Å². The molecule has 0 saturated heterocycles. The zero-order valence-electron chi connectivity index (χ0n) is 58.9. The molecule has 0 radical (unpaired) electrons. The van der Waals surface area contributed by atoms with Crippen LogP contribution in [0.25, 0.3) is 0 Å². The third kappa shape index (κ3) is 18.5. The van der Waals surface area contributed by atoms with Crippen LogP contribution in [0.1, 0.15) is 232 Å². The minimum Gasteiger partial charge on any atom is -0.370 e. The first-order valence-electron chi connectivity index (χ1n) is 38.7. The van der Waals surface area contributed by atoms with Crippen LogP contribution in [0.3, 0.4) is 0 Å². The van der Waals surface area contributed by atoms with Gasteiger partial charge in [-0.2, -0.15) is 0 Å². The molecule has 11 fully saturated rings. The zero-order valence-corrected chi connectivity index (χ0v) is 58.9. The van der Waals surface area contributed by atoms with E-state index in [-0.39, 0.29) is 102 Å². The van der Waals surface area contributed by atoms with Gasteiger partial charge < -0.3 is 75.3 Å². The first kappa shape index (κ1) is 74.8. The molecule has 28 nitrogen and oxygen atoms in total. The van der Waals surface area contributed by atoms with Gasteiger partial charge in [0.25, 0.3) is 0 Å². The van der Waals surface area contributed by atoms with Crippen molar-refractivity contribution in [1.29, 1.82) is 0 Å². The van der Waals surface area contributed by atoms with Crippen molar-refractivity contribution in [3.05, 3.63) is 0 Å². The third-order valence-electron chi connectivity index (χ3n) is 25.3. The second-order valence-electron chi connectivity index (χ2n) is 31.9. The highest BCUT2D eigenvalue weighted by molar-refractivity contribution is 5.90. The summed E-state index contributed by atoms with van der Waals surface area (Å²) in [6.07, 6.45) is 20.5. The highest BCUT2D eigenvalue weighted by Gasteiger charge is 2.48. The van der Waals surface area contributed by atoms with Gasteiger partial charge in [-0.25, -0.2) is 0 Å². The zero-order chi connectivity index (χ0) is 71.6. The highest BCUT2D eigenvalue weighted by Crippen LogP contribution is 2.38. The molecular formula is C73H112N14O14. The Balaban J connectivity index is 0.605. The molecule has 0 bridgehead atoms. The smallest absolute Gasteiger partial charge is 0.225 e. The maximum atomic E-state index is 14.2. The van der Waals surface area contributed by atoms with Gasteiger partial charge in [0.05, 0.1) is 65.1 Å². The summed E-state index contributed by atoms with van der Waals surface area (Å²) in [7, 11) is 0. The van der Waals surface area contributed by atoms with Gasteiger partial charge >= 0.3 is 0 Å². The molecule has 0 aromatic carbocycles. The maximum absolute atomic E-state index is 14.2. The Morgan fingerprint density at radius 2 is 0.436 bits per heavy atom. The average Bonchev–Trinajstić information content (AvgIpc) is 1.71. The molecule has 558 valence electrons. The number of rotatable bonds is 27. The van der Waals surface area contributed by atoms with Gasteiger partial charge in [-0.05, 0) is 141 Å². The van der Waals surface area contributed by atoms with Gasteiger partial charge in [0, 0.05) is 92.3 Å². The van der Waals surface area contributed by atoms with Crippen LogP contribution in [0.15, 0.2) is 0 Å². The quantitative estimate of drug-likeness (QED) is 0.0553. The summed E-state index contributed by atoms with van der Waals surface area (Å²) in [5.74, 6) is -9.63. The van der Waals surface area contributed by atoms with Gasteiger partial charge in [0.1, 0.15) is 0 Å². The van der Waals surface area contributed by atoms with E-state index < -0.39 is 131 Å². The average molecular weight is 1410 g/mol. The van der Waals surface area contributed by atoms with Crippen molar-refractivity contribution >= 4 is 82.7 Å². The van der Waals surface area contributed by atoms with Gasteiger partial charge in [-0.1, -0.05) is 70.6 Å². The lowest BCUT2D eigenvalue weighted by Crippen LogP contribution is -2.54. The van der Waals surface area contributed by atoms with Crippen LogP contribution < -0.4 is 75.3 Å². The predicted octanol–water partition coefficient (Wildman–Crippen LogP) is 1.38. The second kappa shape index (κ2) is 34.2. The van der Waals surface area contributed by atoms with Crippen molar-refractivity contribution in [1.82, 2.24) is 63.8 Å². The molecule has 0 aliphatic heterocycles. The molecule has 0 unspecified atom stereocenters. The van der Waals surface area contributed by atoms with E-state index in [1.54, 1.807) is 0 Å². The Kier molecular flexibility index (Phi) is 25.3. The van der Waals surface area contributed by atoms with Crippen molar-refractivity contribution in [3.63, 3.8) is 0 Å². The molecule has 0 aromatic rings. The standard InChI is InChI=1S/C73H112N14O14/c1-37(88)76-51-25-3-14-40(51)65(93)81-55-29-7-18-44(55)68(96)80-53-27-5-16-42(53)64(92)77-38(35-61(74)89)36-62(90)78-52-26-4-15-41(52)66(94)82-56-30-8-19-45(56)69(97)84-58-32-10-21-47(58)71(99)86-60-34-12-23-49(60)73(101)87-59-33-11-22-48(59)72(100)85-57-31-9-20-46(57)70(98)83-54-28-6-17-43(54)67(95)79-50-24-2-13-39(50)63(75)91/h38-60H,2-36H2,1H3,(H2,74,89)(H2,75,91)(H,76,88)(H,77,92)(H,78,90)(H,79,95)(H,80,96)(H,81,93)(H,82,94)(H,83,98)(H,84,97)(H,85,100)(H,86,99)(H,87,101)/t38-,39-,40-,41-,42-,43-,44-,45-,46-,47-,48-,49-,50-,51-,52-,53-,54-,55-,56-,57-,58-,59-,60-/m0/s1. The number of amides is 14. The SMILES string of the molecule is CC(=O)N[C@H]1CCC[C@@H]1C(=O)N[C@H]1CCC[C@@H]1C(=O)N[C@H]1CCC[C@@H]1C(=O)N[C@@H](CC(N)=O)CC(=O)N[C@H]1CCC[C@@H]1C(=O)N[C@H]1CCC[C@@H]1C(=O)N[C@H]1CCC[C@@H]1C(=O)N[C@H]1CCC[C@@H]1C(=O)N[C@H]1CCC[C@@H]1C(=O)N[C@H]1CCC[C@@H]1C(=O)N[C@H]1CCC[C@@H]1C(=O)N[C@H]1CCC[C@@H]1C(N)=O. The molecule has 11 aliphatic carbocycles. The van der Waals surface area contributed by atoms with Crippen LogP contribution in [-0.4, -0.2) is 155 Å². The largest absolute Gasteiger partial charge is 0.370 e. The van der Waals surface area contributed by atoms with Gasteiger partial charge in [-0.15, -0.1) is 0 Å². The molecule has 14 amide bonds. The summed E-state index contributed by atoms with van der Waals surface area (Å²) >= 11 is 0. The second-order valence-corrected chi connectivity index (χ2v) is 31.9. The number of carbonyl (C=O) groups excluding carboxylic acids is 14. The molecule has 11 rings (SSSR count). The summed E-state index contributed by atoms with van der Waals surface area (Å²) in [5, 5.41) is 37.1. The normalized spacial score (nSPS) is 35.9. The van der Waals surface area contributed by atoms with E-state index in [0.29, 0.717) is 167 Å². The Morgan fingerprint density at radius 1 is 0.248 bits per heavy atom. The van der Waals surface area contributed by atoms with E-state index in [4.69, 9.17) is 11.5 Å². The molecule has 11 saturated carbocycles. The monoisotopic (exact) mass is 1410 g/mol. The Morgan fingerprint density at radius 3 is 0.644 bits per heavy atom. The summed E-state index contributed by atoms with van der Waals surface area (Å²) in [4.78, 5) is 189. The minimum absolute atomic E-state index is 0.169. The fraction of sp³-hybridized carbons (Fsp3) is 0.808. The molecule has 0 heterocycles. The lowest BCUT2D eigenvalue weighted by molar-refractivity contribution is -0.133. The number of nitrogens with two attached hydrogens (primary N) is 2. The Labute approximate surface area is 591 Å². The molecule has 0 spiro atoms. The van der Waals surface area contributed by atoms with E-state index in [2.05, 4.69) is 63.8 Å². The molecule has 28 heteroatoms. The minimum atomic E-state index is -0.960. The number of hydrogen-bond donors (Lipinski definition) is 14. The molecule has 11 aliphatic rings. The van der Waals surface area contributed by atoms with Crippen LogP contribution in [0, 0.1) is 65.1 Å². The predicted molar refractivity (Wildman–Crippen MR) is 367 cm³/mol. The van der Waals surface area contributed by atoms with Gasteiger partial charge in [0.2, 0.25) is 82.7 Å². The molecule has 0 aromatic heterocycles. The van der Waals surface area contributed by atoms with Crippen molar-refractivity contribution in [2.45, 2.75) is 304 Å². The van der Waals surface area contributed by atoms with Crippen LogP contribution >= 0.6 is 0 Å².